The van der Waals surface area contributed by atoms with Gasteiger partial charge in [-0.15, -0.1) is 0 Å². The van der Waals surface area contributed by atoms with Crippen molar-refractivity contribution in [3.63, 3.8) is 0 Å². The van der Waals surface area contributed by atoms with Gasteiger partial charge in [0.15, 0.2) is 0 Å². The van der Waals surface area contributed by atoms with Crippen molar-refractivity contribution in [2.45, 2.75) is 13.0 Å². The van der Waals surface area contributed by atoms with Gasteiger partial charge < -0.3 is 4.74 Å². The Kier molecular flexibility index (Phi) is 3.17. The first-order valence-electron chi connectivity index (χ1n) is 3.96. The third kappa shape index (κ3) is 2.13. The average molecular weight is 177 g/mol. The number of azide groups is 1. The fraction of sp³-hybridized carbons (Fsp3) is 0.333. The summed E-state index contributed by atoms with van der Waals surface area (Å²) in [6.07, 6.45) is 0. The van der Waals surface area contributed by atoms with Gasteiger partial charge in [0, 0.05) is 10.5 Å². The summed E-state index contributed by atoms with van der Waals surface area (Å²) in [5.41, 5.74) is 9.18. The lowest BCUT2D eigenvalue weighted by molar-refractivity contribution is 0.407. The van der Waals surface area contributed by atoms with Crippen molar-refractivity contribution in [3.8, 4) is 5.75 Å². The quantitative estimate of drug-likeness (QED) is 0.397. The van der Waals surface area contributed by atoms with Gasteiger partial charge >= 0.3 is 0 Å². The molecule has 0 saturated carbocycles. The average Bonchev–Trinajstić information content (AvgIpc) is 2.18. The zero-order chi connectivity index (χ0) is 9.68. The second-order valence-corrected chi connectivity index (χ2v) is 2.62. The summed E-state index contributed by atoms with van der Waals surface area (Å²) in [6, 6.07) is 7.31. The molecular weight excluding hydrogens is 166 g/mol. The zero-order valence-corrected chi connectivity index (χ0v) is 7.64. The molecule has 0 unspecified atom stereocenters. The first-order chi connectivity index (χ1) is 6.29. The van der Waals surface area contributed by atoms with Crippen molar-refractivity contribution in [1.82, 2.24) is 0 Å². The van der Waals surface area contributed by atoms with Crippen molar-refractivity contribution in [1.29, 1.82) is 0 Å². The van der Waals surface area contributed by atoms with Crippen LogP contribution in [0.15, 0.2) is 29.4 Å². The molecule has 0 bridgehead atoms. The van der Waals surface area contributed by atoms with Crippen LogP contribution in [-0.4, -0.2) is 7.11 Å². The highest BCUT2D eigenvalue weighted by molar-refractivity contribution is 5.35. The monoisotopic (exact) mass is 177 g/mol. The van der Waals surface area contributed by atoms with Gasteiger partial charge in [-0.05, 0) is 11.6 Å². The van der Waals surface area contributed by atoms with E-state index in [-0.39, 0.29) is 6.04 Å². The van der Waals surface area contributed by atoms with Crippen LogP contribution >= 0.6 is 0 Å². The van der Waals surface area contributed by atoms with Crippen LogP contribution in [0.1, 0.15) is 18.5 Å². The molecular formula is C9H11N3O. The lowest BCUT2D eigenvalue weighted by atomic mass is 10.1. The molecule has 0 saturated heterocycles. The predicted octanol–water partition coefficient (Wildman–Crippen LogP) is 3.07. The Hall–Kier alpha value is -1.67. The standard InChI is InChI=1S/C9H11N3O/c1-7(11-12-10)8-5-3-4-6-9(8)13-2/h3-7H,1-2H3/t7-/m0/s1. The van der Waals surface area contributed by atoms with Crippen LogP contribution < -0.4 is 4.74 Å². The summed E-state index contributed by atoms with van der Waals surface area (Å²) < 4.78 is 5.13. The number of rotatable bonds is 3. The maximum Gasteiger partial charge on any atom is 0.122 e. The van der Waals surface area contributed by atoms with Gasteiger partial charge in [-0.3, -0.25) is 0 Å². The Morgan fingerprint density at radius 3 is 2.77 bits per heavy atom. The molecule has 0 heterocycles. The van der Waals surface area contributed by atoms with E-state index in [9.17, 15) is 0 Å². The lowest BCUT2D eigenvalue weighted by Gasteiger charge is -2.09. The Morgan fingerprint density at radius 1 is 1.46 bits per heavy atom. The largest absolute Gasteiger partial charge is 0.496 e. The number of hydrogen-bond acceptors (Lipinski definition) is 2. The van der Waals surface area contributed by atoms with Gasteiger partial charge in [0.25, 0.3) is 0 Å². The number of methoxy groups -OCH3 is 1. The minimum absolute atomic E-state index is 0.193. The van der Waals surface area contributed by atoms with Gasteiger partial charge in [0.1, 0.15) is 5.75 Å². The SMILES string of the molecule is COc1ccccc1[C@H](C)N=[N+]=[N-]. The number of hydrogen-bond donors (Lipinski definition) is 0. The fourth-order valence-electron chi connectivity index (χ4n) is 1.15. The van der Waals surface area contributed by atoms with Crippen molar-refractivity contribution in [3.05, 3.63) is 40.3 Å². The molecule has 1 atom stereocenters. The van der Waals surface area contributed by atoms with Crippen LogP contribution in [0.25, 0.3) is 10.4 Å². The maximum atomic E-state index is 8.28. The molecule has 0 aliphatic carbocycles. The van der Waals surface area contributed by atoms with E-state index in [1.54, 1.807) is 7.11 Å². The molecule has 0 radical (unpaired) electrons. The molecule has 0 aliphatic heterocycles. The molecule has 0 spiro atoms. The van der Waals surface area contributed by atoms with E-state index >= 15 is 0 Å². The fourth-order valence-corrected chi connectivity index (χ4v) is 1.15. The van der Waals surface area contributed by atoms with Crippen LogP contribution in [0.3, 0.4) is 0 Å². The van der Waals surface area contributed by atoms with Crippen molar-refractivity contribution in [2.24, 2.45) is 5.11 Å². The first-order valence-corrected chi connectivity index (χ1v) is 3.96. The Bertz CT molecular complexity index is 331. The van der Waals surface area contributed by atoms with Crippen LogP contribution in [0, 0.1) is 0 Å². The van der Waals surface area contributed by atoms with Gasteiger partial charge in [0.05, 0.1) is 13.2 Å². The molecule has 1 rings (SSSR count). The van der Waals surface area contributed by atoms with E-state index in [1.165, 1.54) is 0 Å². The minimum atomic E-state index is -0.193. The number of ether oxygens (including phenoxy) is 1. The van der Waals surface area contributed by atoms with Crippen molar-refractivity contribution < 1.29 is 4.74 Å². The molecule has 1 aromatic rings. The molecule has 4 heteroatoms. The molecule has 4 nitrogen and oxygen atoms in total. The van der Waals surface area contributed by atoms with Gasteiger partial charge in [0.2, 0.25) is 0 Å². The van der Waals surface area contributed by atoms with Crippen LogP contribution in [0.4, 0.5) is 0 Å². The highest BCUT2D eigenvalue weighted by atomic mass is 16.5. The molecule has 0 aromatic heterocycles. The van der Waals surface area contributed by atoms with Crippen LogP contribution in [-0.2, 0) is 0 Å². The zero-order valence-electron chi connectivity index (χ0n) is 7.64. The van der Waals surface area contributed by atoms with E-state index in [0.29, 0.717) is 0 Å². The molecule has 13 heavy (non-hydrogen) atoms. The summed E-state index contributed by atoms with van der Waals surface area (Å²) in [5.74, 6) is 0.752. The highest BCUT2D eigenvalue weighted by Crippen LogP contribution is 2.26. The second-order valence-electron chi connectivity index (χ2n) is 2.62. The summed E-state index contributed by atoms with van der Waals surface area (Å²) in [4.78, 5) is 2.76. The van der Waals surface area contributed by atoms with Crippen molar-refractivity contribution in [2.75, 3.05) is 7.11 Å². The third-order valence-corrected chi connectivity index (χ3v) is 1.81. The summed E-state index contributed by atoms with van der Waals surface area (Å²) >= 11 is 0. The Morgan fingerprint density at radius 2 is 2.15 bits per heavy atom. The van der Waals surface area contributed by atoms with Gasteiger partial charge in [-0.2, -0.15) is 0 Å². The van der Waals surface area contributed by atoms with Crippen LogP contribution in [0.2, 0.25) is 0 Å². The highest BCUT2D eigenvalue weighted by Gasteiger charge is 2.07. The molecule has 0 fully saturated rings. The predicted molar refractivity (Wildman–Crippen MR) is 50.6 cm³/mol. The van der Waals surface area contributed by atoms with Gasteiger partial charge in [-0.25, -0.2) is 0 Å². The van der Waals surface area contributed by atoms with E-state index in [2.05, 4.69) is 10.0 Å². The number of nitrogens with zero attached hydrogens (tertiary/aromatic N) is 3. The smallest absolute Gasteiger partial charge is 0.122 e. The summed E-state index contributed by atoms with van der Waals surface area (Å²) in [6.45, 7) is 1.83. The van der Waals surface area contributed by atoms with E-state index < -0.39 is 0 Å². The van der Waals surface area contributed by atoms with E-state index in [4.69, 9.17) is 10.3 Å². The summed E-state index contributed by atoms with van der Waals surface area (Å²) in [7, 11) is 1.60. The van der Waals surface area contributed by atoms with Crippen LogP contribution in [0.5, 0.6) is 5.75 Å². The normalized spacial score (nSPS) is 11.5. The molecule has 0 N–H and O–H groups in total. The topological polar surface area (TPSA) is 58.0 Å². The lowest BCUT2D eigenvalue weighted by Crippen LogP contribution is -1.93. The van der Waals surface area contributed by atoms with Crippen molar-refractivity contribution >= 4 is 0 Å². The number of para-hydroxylation sites is 1. The Balaban J connectivity index is 3.04. The maximum absolute atomic E-state index is 8.28. The summed E-state index contributed by atoms with van der Waals surface area (Å²) in [5, 5.41) is 3.60. The molecule has 0 amide bonds. The van der Waals surface area contributed by atoms with Gasteiger partial charge in [-0.1, -0.05) is 30.2 Å². The molecule has 0 aliphatic rings. The van der Waals surface area contributed by atoms with E-state index in [0.717, 1.165) is 11.3 Å². The third-order valence-electron chi connectivity index (χ3n) is 1.81. The first kappa shape index (κ1) is 9.42. The molecule has 1 aromatic carbocycles. The van der Waals surface area contributed by atoms with E-state index in [1.807, 2.05) is 31.2 Å². The second kappa shape index (κ2) is 4.38. The molecule has 68 valence electrons. The number of benzene rings is 1. The Labute approximate surface area is 76.8 Å². The minimum Gasteiger partial charge on any atom is -0.496 e.